The lowest BCUT2D eigenvalue weighted by atomic mass is 10.0. The lowest BCUT2D eigenvalue weighted by Crippen LogP contribution is -2.31. The summed E-state index contributed by atoms with van der Waals surface area (Å²) in [5.41, 5.74) is 1.05. The van der Waals surface area contributed by atoms with E-state index in [-0.39, 0.29) is 18.5 Å². The van der Waals surface area contributed by atoms with Gasteiger partial charge in [0.25, 0.3) is 0 Å². The predicted molar refractivity (Wildman–Crippen MR) is 109 cm³/mol. The van der Waals surface area contributed by atoms with Gasteiger partial charge < -0.3 is 10.1 Å². The van der Waals surface area contributed by atoms with E-state index in [4.69, 9.17) is 4.74 Å². The molecular weight excluding hydrogens is 368 g/mol. The molecule has 1 fully saturated rings. The van der Waals surface area contributed by atoms with Crippen molar-refractivity contribution in [1.29, 1.82) is 0 Å². The first-order valence-electron chi connectivity index (χ1n) is 9.97. The fourth-order valence-electron chi connectivity index (χ4n) is 3.75. The number of methoxy groups -OCH3 is 1. The largest absolute Gasteiger partial charge is 0.497 e. The number of hydrogen-bond donors (Lipinski definition) is 1. The van der Waals surface area contributed by atoms with Crippen molar-refractivity contribution in [3.63, 3.8) is 0 Å². The van der Waals surface area contributed by atoms with Gasteiger partial charge in [-0.25, -0.2) is 4.68 Å². The number of carbonyl (C=O) groups is 1. The number of ether oxygens (including phenoxy) is 1. The zero-order valence-electron chi connectivity index (χ0n) is 16.8. The molecule has 1 unspecified atom stereocenters. The van der Waals surface area contributed by atoms with Crippen LogP contribution in [0.5, 0.6) is 5.75 Å². The number of tetrazole rings is 1. The number of fused-ring (bicyclic) bond motifs is 1. The maximum Gasteiger partial charge on any atom is 0.242 e. The van der Waals surface area contributed by atoms with Crippen LogP contribution in [0.4, 0.5) is 0 Å². The average Bonchev–Trinajstić information content (AvgIpc) is 3.40. The minimum absolute atomic E-state index is 0.109. The summed E-state index contributed by atoms with van der Waals surface area (Å²) < 4.78 is 6.87. The maximum atomic E-state index is 12.6. The molecule has 0 bridgehead atoms. The number of amides is 1. The van der Waals surface area contributed by atoms with Crippen LogP contribution in [0.3, 0.4) is 0 Å². The Balaban J connectivity index is 1.39. The molecule has 3 aromatic rings. The Morgan fingerprint density at radius 3 is 2.72 bits per heavy atom. The summed E-state index contributed by atoms with van der Waals surface area (Å²) >= 11 is 0. The smallest absolute Gasteiger partial charge is 0.242 e. The molecule has 29 heavy (non-hydrogen) atoms. The van der Waals surface area contributed by atoms with Crippen LogP contribution in [0.2, 0.25) is 0 Å². The van der Waals surface area contributed by atoms with Crippen LogP contribution >= 0.6 is 0 Å². The van der Waals surface area contributed by atoms with Crippen LogP contribution in [0.1, 0.15) is 37.2 Å². The van der Waals surface area contributed by atoms with E-state index in [0.29, 0.717) is 6.54 Å². The highest BCUT2D eigenvalue weighted by molar-refractivity contribution is 5.85. The fraction of sp³-hybridized carbons (Fsp3) is 0.429. The first-order chi connectivity index (χ1) is 14.1. The SMILES string of the molecule is COc1ccc2cc(C(C)NC(=O)Cn3nnnc3CN3CCCC3)ccc2c1. The Kier molecular flexibility index (Phi) is 5.71. The Hall–Kier alpha value is -3.00. The monoisotopic (exact) mass is 394 g/mol. The van der Waals surface area contributed by atoms with Gasteiger partial charge in [0, 0.05) is 0 Å². The second-order valence-electron chi connectivity index (χ2n) is 7.50. The van der Waals surface area contributed by atoms with Crippen molar-refractivity contribution in [2.45, 2.75) is 38.9 Å². The van der Waals surface area contributed by atoms with Crippen molar-refractivity contribution < 1.29 is 9.53 Å². The van der Waals surface area contributed by atoms with Gasteiger partial charge in [-0.3, -0.25) is 9.69 Å². The van der Waals surface area contributed by atoms with Crippen LogP contribution in [0.25, 0.3) is 10.8 Å². The van der Waals surface area contributed by atoms with Crippen LogP contribution in [-0.4, -0.2) is 51.2 Å². The summed E-state index contributed by atoms with van der Waals surface area (Å²) in [5.74, 6) is 1.45. The van der Waals surface area contributed by atoms with E-state index < -0.39 is 0 Å². The van der Waals surface area contributed by atoms with E-state index >= 15 is 0 Å². The fourth-order valence-corrected chi connectivity index (χ4v) is 3.75. The molecule has 8 heteroatoms. The summed E-state index contributed by atoms with van der Waals surface area (Å²) in [6.07, 6.45) is 2.41. The van der Waals surface area contributed by atoms with Gasteiger partial charge in [0.2, 0.25) is 5.91 Å². The van der Waals surface area contributed by atoms with Gasteiger partial charge in [0.05, 0.1) is 19.7 Å². The number of benzene rings is 2. The minimum atomic E-state index is -0.118. The van der Waals surface area contributed by atoms with Gasteiger partial charge in [-0.2, -0.15) is 0 Å². The van der Waals surface area contributed by atoms with Crippen molar-refractivity contribution in [3.8, 4) is 5.75 Å². The standard InChI is InChI=1S/C21H26N6O2/c1-15(16-5-6-18-12-19(29-2)8-7-17(18)11-16)22-21(28)14-27-20(23-24-25-27)13-26-9-3-4-10-26/h5-8,11-12,15H,3-4,9-10,13-14H2,1-2H3,(H,22,28). The number of aromatic nitrogens is 4. The van der Waals surface area contributed by atoms with Crippen LogP contribution in [-0.2, 0) is 17.9 Å². The van der Waals surface area contributed by atoms with Crippen molar-refractivity contribution in [3.05, 3.63) is 47.8 Å². The Bertz CT molecular complexity index is 996. The van der Waals surface area contributed by atoms with Gasteiger partial charge in [-0.05, 0) is 77.8 Å². The molecule has 1 amide bonds. The Labute approximate surface area is 169 Å². The number of carbonyl (C=O) groups excluding carboxylic acids is 1. The van der Waals surface area contributed by atoms with Gasteiger partial charge in [0.1, 0.15) is 12.3 Å². The lowest BCUT2D eigenvalue weighted by Gasteiger charge is -2.16. The molecule has 0 saturated carbocycles. The minimum Gasteiger partial charge on any atom is -0.497 e. The average molecular weight is 394 g/mol. The molecule has 1 aromatic heterocycles. The summed E-state index contributed by atoms with van der Waals surface area (Å²) in [7, 11) is 1.66. The molecule has 0 aliphatic carbocycles. The van der Waals surface area contributed by atoms with E-state index in [9.17, 15) is 4.79 Å². The lowest BCUT2D eigenvalue weighted by molar-refractivity contribution is -0.122. The Morgan fingerprint density at radius 1 is 1.17 bits per heavy atom. The number of likely N-dealkylation sites (tertiary alicyclic amines) is 1. The van der Waals surface area contributed by atoms with Crippen LogP contribution in [0, 0.1) is 0 Å². The molecule has 0 radical (unpaired) electrons. The van der Waals surface area contributed by atoms with Crippen molar-refractivity contribution in [2.24, 2.45) is 0 Å². The number of nitrogens with one attached hydrogen (secondary N) is 1. The zero-order chi connectivity index (χ0) is 20.2. The van der Waals surface area contributed by atoms with E-state index in [1.165, 1.54) is 12.8 Å². The predicted octanol–water partition coefficient (Wildman–Crippen LogP) is 2.31. The second kappa shape index (κ2) is 8.57. The molecular formula is C21H26N6O2. The molecule has 1 atom stereocenters. The van der Waals surface area contributed by atoms with Gasteiger partial charge in [-0.1, -0.05) is 18.2 Å². The van der Waals surface area contributed by atoms with E-state index in [1.54, 1.807) is 11.8 Å². The maximum absolute atomic E-state index is 12.6. The normalized spacial score (nSPS) is 15.5. The first-order valence-corrected chi connectivity index (χ1v) is 9.97. The summed E-state index contributed by atoms with van der Waals surface area (Å²) in [6.45, 7) is 4.90. The van der Waals surface area contributed by atoms with Gasteiger partial charge in [0.15, 0.2) is 5.82 Å². The zero-order valence-corrected chi connectivity index (χ0v) is 16.8. The molecule has 4 rings (SSSR count). The van der Waals surface area contributed by atoms with Crippen molar-refractivity contribution in [1.82, 2.24) is 30.4 Å². The molecule has 2 aromatic carbocycles. The van der Waals surface area contributed by atoms with E-state index in [2.05, 4.69) is 31.8 Å². The highest BCUT2D eigenvalue weighted by Crippen LogP contribution is 2.24. The molecule has 2 heterocycles. The molecule has 152 valence electrons. The number of hydrogen-bond acceptors (Lipinski definition) is 6. The molecule has 1 saturated heterocycles. The molecule has 1 N–H and O–H groups in total. The number of rotatable bonds is 7. The Morgan fingerprint density at radius 2 is 1.93 bits per heavy atom. The molecule has 1 aliphatic heterocycles. The topological polar surface area (TPSA) is 85.2 Å². The van der Waals surface area contributed by atoms with Crippen LogP contribution < -0.4 is 10.1 Å². The van der Waals surface area contributed by atoms with E-state index in [0.717, 1.165) is 41.0 Å². The third-order valence-corrected chi connectivity index (χ3v) is 5.41. The third kappa shape index (κ3) is 4.54. The second-order valence-corrected chi connectivity index (χ2v) is 7.50. The van der Waals surface area contributed by atoms with Crippen LogP contribution in [0.15, 0.2) is 36.4 Å². The van der Waals surface area contributed by atoms with Gasteiger partial charge >= 0.3 is 0 Å². The highest BCUT2D eigenvalue weighted by atomic mass is 16.5. The van der Waals surface area contributed by atoms with Crippen molar-refractivity contribution >= 4 is 16.7 Å². The summed E-state index contributed by atoms with van der Waals surface area (Å²) in [6, 6.07) is 12.0. The third-order valence-electron chi connectivity index (χ3n) is 5.41. The summed E-state index contributed by atoms with van der Waals surface area (Å²) in [4.78, 5) is 14.9. The highest BCUT2D eigenvalue weighted by Gasteiger charge is 2.18. The molecule has 0 spiro atoms. The molecule has 1 aliphatic rings. The summed E-state index contributed by atoms with van der Waals surface area (Å²) in [5, 5.41) is 17.1. The molecule has 8 nitrogen and oxygen atoms in total. The quantitative estimate of drug-likeness (QED) is 0.662. The number of nitrogens with zero attached hydrogens (tertiary/aromatic N) is 5. The van der Waals surface area contributed by atoms with Gasteiger partial charge in [-0.15, -0.1) is 5.10 Å². The van der Waals surface area contributed by atoms with E-state index in [1.807, 2.05) is 37.3 Å². The van der Waals surface area contributed by atoms with Crippen molar-refractivity contribution in [2.75, 3.05) is 20.2 Å². The first kappa shape index (κ1) is 19.3.